The van der Waals surface area contributed by atoms with Crippen LogP contribution in [0, 0.1) is 5.41 Å². The first-order chi connectivity index (χ1) is 16.3. The molecule has 1 aromatic carbocycles. The topological polar surface area (TPSA) is 69.9 Å². The Balaban J connectivity index is 1.62. The second kappa shape index (κ2) is 9.81. The molecule has 0 N–H and O–H groups in total. The van der Waals surface area contributed by atoms with Crippen LogP contribution >= 0.6 is 0 Å². The molecule has 0 aliphatic carbocycles. The summed E-state index contributed by atoms with van der Waals surface area (Å²) in [5.41, 5.74) is 2.66. The van der Waals surface area contributed by atoms with Crippen LogP contribution in [-0.4, -0.2) is 41.8 Å². The maximum Gasteiger partial charge on any atom is 0.242 e. The first-order valence-corrected chi connectivity index (χ1v) is 11.7. The van der Waals surface area contributed by atoms with Crippen molar-refractivity contribution >= 4 is 23.2 Å². The summed E-state index contributed by atoms with van der Waals surface area (Å²) in [5.74, 6) is 0.530. The molecule has 0 radical (unpaired) electrons. The monoisotopic (exact) mass is 460 g/mol. The lowest BCUT2D eigenvalue weighted by Crippen LogP contribution is -2.47. The van der Waals surface area contributed by atoms with Crippen LogP contribution in [0.1, 0.15) is 37.7 Å². The lowest BCUT2D eigenvalue weighted by molar-refractivity contribution is -0.137. The van der Waals surface area contributed by atoms with Crippen LogP contribution in [-0.2, 0) is 29.1 Å². The highest BCUT2D eigenvalue weighted by molar-refractivity contribution is 6.19. The molecular formula is C27H32N4O3. The largest absolute Gasteiger partial charge is 0.468 e. The molecule has 0 spiro atoms. The van der Waals surface area contributed by atoms with Gasteiger partial charge in [-0.3, -0.25) is 19.5 Å². The predicted molar refractivity (Wildman–Crippen MR) is 132 cm³/mol. The molecular weight excluding hydrogens is 428 g/mol. The molecule has 178 valence electrons. The average Bonchev–Trinajstić information content (AvgIpc) is 3.34. The summed E-state index contributed by atoms with van der Waals surface area (Å²) in [6, 6.07) is 14.0. The number of carbonyl (C=O) groups excluding carboxylic acids is 2. The van der Waals surface area contributed by atoms with E-state index in [1.54, 1.807) is 43.2 Å². The minimum absolute atomic E-state index is 0.172. The lowest BCUT2D eigenvalue weighted by atomic mass is 9.90. The highest BCUT2D eigenvalue weighted by Crippen LogP contribution is 2.39. The molecule has 0 saturated heterocycles. The first kappa shape index (κ1) is 23.7. The van der Waals surface area contributed by atoms with Gasteiger partial charge in [0.05, 0.1) is 24.2 Å². The predicted octanol–water partition coefficient (Wildman–Crippen LogP) is 4.28. The zero-order valence-electron chi connectivity index (χ0n) is 20.3. The van der Waals surface area contributed by atoms with Gasteiger partial charge in [-0.1, -0.05) is 12.1 Å². The lowest BCUT2D eigenvalue weighted by Gasteiger charge is -2.27. The Kier molecular flexibility index (Phi) is 6.84. The van der Waals surface area contributed by atoms with Gasteiger partial charge >= 0.3 is 0 Å². The fourth-order valence-corrected chi connectivity index (χ4v) is 4.47. The number of nitrogens with zero attached hydrogens (tertiary/aromatic N) is 4. The Labute approximate surface area is 201 Å². The Morgan fingerprint density at radius 3 is 2.50 bits per heavy atom. The standard InChI is InChI=1S/C27H32N4O3/c1-5-31-23-11-10-21(16-24(23)29(4)25(32)27(2,3)26(31)33)18-30(19-22-9-7-15-34-22)14-12-20-8-6-13-28-17-20/h6-11,13,15-17H,5,12,14,18-19H2,1-4H3. The van der Waals surface area contributed by atoms with Crippen molar-refractivity contribution in [2.45, 2.75) is 40.3 Å². The Morgan fingerprint density at radius 1 is 1.00 bits per heavy atom. The van der Waals surface area contributed by atoms with Crippen LogP contribution in [0.2, 0.25) is 0 Å². The van der Waals surface area contributed by atoms with Crippen molar-refractivity contribution in [3.05, 3.63) is 78.0 Å². The van der Waals surface area contributed by atoms with Crippen LogP contribution in [0.3, 0.4) is 0 Å². The van der Waals surface area contributed by atoms with E-state index in [0.717, 1.165) is 35.7 Å². The summed E-state index contributed by atoms with van der Waals surface area (Å²) in [5, 5.41) is 0. The number of aromatic nitrogens is 1. The number of amides is 2. The molecule has 1 aliphatic rings. The van der Waals surface area contributed by atoms with Gasteiger partial charge in [0, 0.05) is 39.1 Å². The molecule has 3 aromatic rings. The summed E-state index contributed by atoms with van der Waals surface area (Å²) >= 11 is 0. The van der Waals surface area contributed by atoms with E-state index in [0.29, 0.717) is 19.6 Å². The van der Waals surface area contributed by atoms with Crippen molar-refractivity contribution in [1.29, 1.82) is 0 Å². The van der Waals surface area contributed by atoms with E-state index in [1.165, 1.54) is 5.56 Å². The van der Waals surface area contributed by atoms with Gasteiger partial charge < -0.3 is 14.2 Å². The van der Waals surface area contributed by atoms with Gasteiger partial charge in [-0.15, -0.1) is 0 Å². The minimum Gasteiger partial charge on any atom is -0.468 e. The van der Waals surface area contributed by atoms with Crippen molar-refractivity contribution < 1.29 is 14.0 Å². The molecule has 7 heteroatoms. The molecule has 0 bridgehead atoms. The SMILES string of the molecule is CCN1C(=O)C(C)(C)C(=O)N(C)c2cc(CN(CCc3cccnc3)Cc3ccco3)ccc21. The third-order valence-corrected chi connectivity index (χ3v) is 6.43. The van der Waals surface area contributed by atoms with Crippen molar-refractivity contribution in [1.82, 2.24) is 9.88 Å². The van der Waals surface area contributed by atoms with Gasteiger partial charge in [-0.2, -0.15) is 0 Å². The second-order valence-electron chi connectivity index (χ2n) is 9.26. The summed E-state index contributed by atoms with van der Waals surface area (Å²) in [7, 11) is 1.75. The van der Waals surface area contributed by atoms with Crippen molar-refractivity contribution in [3.63, 3.8) is 0 Å². The van der Waals surface area contributed by atoms with E-state index in [9.17, 15) is 9.59 Å². The molecule has 0 fully saturated rings. The smallest absolute Gasteiger partial charge is 0.242 e. The molecule has 7 nitrogen and oxygen atoms in total. The van der Waals surface area contributed by atoms with E-state index in [-0.39, 0.29) is 11.8 Å². The van der Waals surface area contributed by atoms with Gasteiger partial charge in [0.1, 0.15) is 11.2 Å². The van der Waals surface area contributed by atoms with Gasteiger partial charge in [-0.25, -0.2) is 0 Å². The number of pyridine rings is 1. The summed E-state index contributed by atoms with van der Waals surface area (Å²) in [6.07, 6.45) is 6.23. The molecule has 0 saturated carbocycles. The van der Waals surface area contributed by atoms with Crippen molar-refractivity contribution in [2.24, 2.45) is 5.41 Å². The van der Waals surface area contributed by atoms with Crippen molar-refractivity contribution in [3.8, 4) is 0 Å². The maximum absolute atomic E-state index is 13.2. The molecule has 4 rings (SSSR count). The third-order valence-electron chi connectivity index (χ3n) is 6.43. The molecule has 34 heavy (non-hydrogen) atoms. The van der Waals surface area contributed by atoms with E-state index >= 15 is 0 Å². The number of furan rings is 1. The molecule has 1 aliphatic heterocycles. The molecule has 0 atom stereocenters. The van der Waals surface area contributed by atoms with Gasteiger partial charge in [0.2, 0.25) is 11.8 Å². The Bertz CT molecular complexity index is 1140. The van der Waals surface area contributed by atoms with Crippen LogP contribution in [0.4, 0.5) is 11.4 Å². The van der Waals surface area contributed by atoms with Crippen LogP contribution in [0.5, 0.6) is 0 Å². The van der Waals surface area contributed by atoms with Crippen molar-refractivity contribution in [2.75, 3.05) is 29.9 Å². The zero-order valence-corrected chi connectivity index (χ0v) is 20.3. The minimum atomic E-state index is -1.11. The number of carbonyl (C=O) groups is 2. The average molecular weight is 461 g/mol. The molecule has 2 amide bonds. The number of hydrogen-bond acceptors (Lipinski definition) is 5. The van der Waals surface area contributed by atoms with Crippen LogP contribution in [0.15, 0.2) is 65.5 Å². The Hall–Kier alpha value is -3.45. The molecule has 0 unspecified atom stereocenters. The first-order valence-electron chi connectivity index (χ1n) is 11.7. The summed E-state index contributed by atoms with van der Waals surface area (Å²) in [6.45, 7) is 8.02. The third kappa shape index (κ3) is 4.75. The van der Waals surface area contributed by atoms with Gasteiger partial charge in [0.15, 0.2) is 0 Å². The normalized spacial score (nSPS) is 15.6. The van der Waals surface area contributed by atoms with E-state index in [2.05, 4.69) is 16.0 Å². The number of rotatable bonds is 8. The summed E-state index contributed by atoms with van der Waals surface area (Å²) in [4.78, 5) is 36.2. The van der Waals surface area contributed by atoms with E-state index < -0.39 is 5.41 Å². The number of benzene rings is 1. The molecule has 3 heterocycles. The fraction of sp³-hybridized carbons (Fsp3) is 0.370. The fourth-order valence-electron chi connectivity index (χ4n) is 4.47. The zero-order chi connectivity index (χ0) is 24.3. The number of fused-ring (bicyclic) bond motifs is 1. The van der Waals surface area contributed by atoms with Crippen LogP contribution in [0.25, 0.3) is 0 Å². The number of anilines is 2. The highest BCUT2D eigenvalue weighted by atomic mass is 16.3. The van der Waals surface area contributed by atoms with Gasteiger partial charge in [-0.05, 0) is 68.7 Å². The van der Waals surface area contributed by atoms with Crippen LogP contribution < -0.4 is 9.80 Å². The summed E-state index contributed by atoms with van der Waals surface area (Å²) < 4.78 is 5.60. The maximum atomic E-state index is 13.2. The second-order valence-corrected chi connectivity index (χ2v) is 9.26. The number of hydrogen-bond donors (Lipinski definition) is 0. The molecule has 2 aromatic heterocycles. The van der Waals surface area contributed by atoms with E-state index in [4.69, 9.17) is 4.42 Å². The van der Waals surface area contributed by atoms with E-state index in [1.807, 2.05) is 49.5 Å². The quantitative estimate of drug-likeness (QED) is 0.470. The highest BCUT2D eigenvalue weighted by Gasteiger charge is 2.45. The Morgan fingerprint density at radius 2 is 1.82 bits per heavy atom. The van der Waals surface area contributed by atoms with Gasteiger partial charge in [0.25, 0.3) is 0 Å².